The Kier molecular flexibility index (Phi) is 4.85. The van der Waals surface area contributed by atoms with E-state index in [2.05, 4.69) is 34.7 Å². The Balaban J connectivity index is 2.04. The highest BCUT2D eigenvalue weighted by atomic mass is 32.1. The van der Waals surface area contributed by atoms with Gasteiger partial charge in [-0.1, -0.05) is 25.2 Å². The Morgan fingerprint density at radius 3 is 2.95 bits per heavy atom. The molecule has 5 heteroatoms. The normalized spacial score (nSPS) is 21.5. The van der Waals surface area contributed by atoms with Crippen LogP contribution in [0.3, 0.4) is 0 Å². The highest BCUT2D eigenvalue weighted by Crippen LogP contribution is 2.14. The molecule has 1 saturated heterocycles. The highest BCUT2D eigenvalue weighted by Gasteiger charge is 2.23. The molecule has 2 heterocycles. The number of nitrogens with zero attached hydrogens (tertiary/aromatic N) is 3. The summed E-state index contributed by atoms with van der Waals surface area (Å²) in [5, 5.41) is 0. The van der Waals surface area contributed by atoms with Gasteiger partial charge in [0, 0.05) is 38.4 Å². The lowest BCUT2D eigenvalue weighted by molar-refractivity contribution is 0.0833. The van der Waals surface area contributed by atoms with Crippen LogP contribution in [0.25, 0.3) is 0 Å². The fourth-order valence-corrected chi connectivity index (χ4v) is 2.90. The van der Waals surface area contributed by atoms with E-state index in [1.807, 2.05) is 6.07 Å². The first kappa shape index (κ1) is 14.4. The van der Waals surface area contributed by atoms with Crippen LogP contribution in [0.5, 0.6) is 0 Å². The summed E-state index contributed by atoms with van der Waals surface area (Å²) < 4.78 is 0. The monoisotopic (exact) mass is 278 g/mol. The van der Waals surface area contributed by atoms with Crippen LogP contribution in [0.15, 0.2) is 18.3 Å². The van der Waals surface area contributed by atoms with Gasteiger partial charge >= 0.3 is 0 Å². The molecule has 104 valence electrons. The molecule has 2 rings (SSSR count). The molecule has 0 radical (unpaired) electrons. The van der Waals surface area contributed by atoms with Crippen molar-refractivity contribution < 1.29 is 0 Å². The Labute approximate surface area is 120 Å². The van der Waals surface area contributed by atoms with Gasteiger partial charge in [0.15, 0.2) is 0 Å². The van der Waals surface area contributed by atoms with Gasteiger partial charge in [0.2, 0.25) is 0 Å². The average molecular weight is 278 g/mol. The third-order valence-electron chi connectivity index (χ3n) is 3.77. The molecule has 1 aliphatic heterocycles. The zero-order chi connectivity index (χ0) is 13.8. The maximum Gasteiger partial charge on any atom is 0.123 e. The summed E-state index contributed by atoms with van der Waals surface area (Å²) in [6, 6.07) is 4.62. The molecule has 1 aliphatic rings. The Bertz CT molecular complexity index is 449. The van der Waals surface area contributed by atoms with Gasteiger partial charge in [-0.15, -0.1) is 0 Å². The molecule has 0 aromatic carbocycles. The van der Waals surface area contributed by atoms with E-state index >= 15 is 0 Å². The zero-order valence-electron chi connectivity index (χ0n) is 11.7. The minimum absolute atomic E-state index is 0.385. The maximum atomic E-state index is 5.73. The predicted molar refractivity (Wildman–Crippen MR) is 82.1 cm³/mol. The van der Waals surface area contributed by atoms with Gasteiger partial charge in [-0.25, -0.2) is 0 Å². The number of nitrogens with two attached hydrogens (primary N) is 1. The smallest absolute Gasteiger partial charge is 0.123 e. The van der Waals surface area contributed by atoms with Crippen LogP contribution >= 0.6 is 12.2 Å². The number of likely N-dealkylation sites (N-methyl/N-ethyl adjacent to an activating group) is 1. The third kappa shape index (κ3) is 3.49. The molecule has 4 nitrogen and oxygen atoms in total. The van der Waals surface area contributed by atoms with E-state index in [-0.39, 0.29) is 0 Å². The van der Waals surface area contributed by atoms with Crippen LogP contribution in [0.1, 0.15) is 25.1 Å². The minimum Gasteiger partial charge on any atom is -0.388 e. The summed E-state index contributed by atoms with van der Waals surface area (Å²) in [6.45, 7) is 9.80. The van der Waals surface area contributed by atoms with E-state index in [1.54, 1.807) is 6.20 Å². The first-order valence-electron chi connectivity index (χ1n) is 6.82. The fourth-order valence-electron chi connectivity index (χ4n) is 2.71. The molecule has 19 heavy (non-hydrogen) atoms. The average Bonchev–Trinajstić information content (AvgIpc) is 2.39. The number of pyridine rings is 1. The van der Waals surface area contributed by atoms with Crippen LogP contribution in [-0.4, -0.2) is 52.0 Å². The molecule has 0 amide bonds. The Morgan fingerprint density at radius 1 is 1.53 bits per heavy atom. The van der Waals surface area contributed by atoms with Crippen molar-refractivity contribution in [1.82, 2.24) is 14.8 Å². The van der Waals surface area contributed by atoms with E-state index in [0.29, 0.717) is 11.0 Å². The molecule has 0 saturated carbocycles. The Hall–Kier alpha value is -1.04. The van der Waals surface area contributed by atoms with E-state index in [0.717, 1.165) is 44.0 Å². The summed E-state index contributed by atoms with van der Waals surface area (Å²) in [5.74, 6) is 0. The first-order chi connectivity index (χ1) is 9.11. The lowest BCUT2D eigenvalue weighted by Gasteiger charge is -2.39. The van der Waals surface area contributed by atoms with Crippen LogP contribution in [0.2, 0.25) is 0 Å². The number of piperazine rings is 1. The van der Waals surface area contributed by atoms with Gasteiger partial charge in [0.05, 0.1) is 0 Å². The molecule has 1 aromatic heterocycles. The Morgan fingerprint density at radius 2 is 2.32 bits per heavy atom. The van der Waals surface area contributed by atoms with Gasteiger partial charge in [-0.3, -0.25) is 14.8 Å². The number of hydrogen-bond acceptors (Lipinski definition) is 4. The topological polar surface area (TPSA) is 45.4 Å². The standard InChI is InChI=1S/C14H22N4S/c1-3-18-8-7-17(9-11(18)2)10-12-5-4-6-16-13(12)14(15)19/h4-6,11H,3,7-10H2,1-2H3,(H2,15,19). The summed E-state index contributed by atoms with van der Waals surface area (Å²) in [6.07, 6.45) is 1.75. The summed E-state index contributed by atoms with van der Waals surface area (Å²) in [4.78, 5) is 9.64. The third-order valence-corrected chi connectivity index (χ3v) is 3.97. The summed E-state index contributed by atoms with van der Waals surface area (Å²) in [5.41, 5.74) is 7.63. The number of hydrogen-bond donors (Lipinski definition) is 1. The zero-order valence-corrected chi connectivity index (χ0v) is 12.5. The molecule has 0 bridgehead atoms. The quantitative estimate of drug-likeness (QED) is 0.840. The second kappa shape index (κ2) is 6.41. The van der Waals surface area contributed by atoms with Crippen molar-refractivity contribution in [2.24, 2.45) is 5.73 Å². The summed E-state index contributed by atoms with van der Waals surface area (Å²) >= 11 is 5.07. The molecule has 0 aliphatic carbocycles. The van der Waals surface area contributed by atoms with Gasteiger partial charge in [-0.05, 0) is 25.1 Å². The molecule has 1 aromatic rings. The van der Waals surface area contributed by atoms with E-state index < -0.39 is 0 Å². The second-order valence-electron chi connectivity index (χ2n) is 5.09. The lowest BCUT2D eigenvalue weighted by Crippen LogP contribution is -2.51. The number of rotatable bonds is 4. The molecular weight excluding hydrogens is 256 g/mol. The van der Waals surface area contributed by atoms with Crippen LogP contribution in [0, 0.1) is 0 Å². The van der Waals surface area contributed by atoms with Crippen LogP contribution in [0.4, 0.5) is 0 Å². The highest BCUT2D eigenvalue weighted by molar-refractivity contribution is 7.80. The van der Waals surface area contributed by atoms with Crippen LogP contribution in [-0.2, 0) is 6.54 Å². The van der Waals surface area contributed by atoms with Crippen molar-refractivity contribution in [3.05, 3.63) is 29.6 Å². The van der Waals surface area contributed by atoms with Crippen molar-refractivity contribution in [2.75, 3.05) is 26.2 Å². The van der Waals surface area contributed by atoms with E-state index in [9.17, 15) is 0 Å². The maximum absolute atomic E-state index is 5.73. The molecular formula is C14H22N4S. The first-order valence-corrected chi connectivity index (χ1v) is 7.22. The largest absolute Gasteiger partial charge is 0.388 e. The second-order valence-corrected chi connectivity index (χ2v) is 5.53. The van der Waals surface area contributed by atoms with Gasteiger partial charge in [-0.2, -0.15) is 0 Å². The fraction of sp³-hybridized carbons (Fsp3) is 0.571. The molecule has 1 atom stereocenters. The van der Waals surface area contributed by atoms with Crippen molar-refractivity contribution >= 4 is 17.2 Å². The lowest BCUT2D eigenvalue weighted by atomic mass is 10.1. The SMILES string of the molecule is CCN1CCN(Cc2cccnc2C(N)=S)CC1C. The van der Waals surface area contributed by atoms with Gasteiger partial charge in [0.25, 0.3) is 0 Å². The molecule has 1 unspecified atom stereocenters. The molecule has 0 spiro atoms. The van der Waals surface area contributed by atoms with Gasteiger partial charge < -0.3 is 5.73 Å². The van der Waals surface area contributed by atoms with Crippen molar-refractivity contribution in [2.45, 2.75) is 26.4 Å². The minimum atomic E-state index is 0.385. The number of thiocarbonyl (C=S) groups is 1. The van der Waals surface area contributed by atoms with Crippen molar-refractivity contribution in [1.29, 1.82) is 0 Å². The molecule has 2 N–H and O–H groups in total. The van der Waals surface area contributed by atoms with Crippen molar-refractivity contribution in [3.8, 4) is 0 Å². The molecule has 1 fully saturated rings. The summed E-state index contributed by atoms with van der Waals surface area (Å²) in [7, 11) is 0. The van der Waals surface area contributed by atoms with Crippen LogP contribution < -0.4 is 5.73 Å². The number of aromatic nitrogens is 1. The van der Waals surface area contributed by atoms with Crippen molar-refractivity contribution in [3.63, 3.8) is 0 Å². The van der Waals surface area contributed by atoms with Gasteiger partial charge in [0.1, 0.15) is 10.7 Å². The van der Waals surface area contributed by atoms with E-state index in [4.69, 9.17) is 18.0 Å². The van der Waals surface area contributed by atoms with E-state index in [1.165, 1.54) is 0 Å². The predicted octanol–water partition coefficient (Wildman–Crippen LogP) is 1.24.